The number of carbonyl (C=O) groups excluding carboxylic acids is 3. The van der Waals surface area contributed by atoms with Gasteiger partial charge in [0, 0.05) is 0 Å². The molecule has 1 aliphatic heterocycles. The Hall–Kier alpha value is -1.17. The van der Waals surface area contributed by atoms with Gasteiger partial charge in [0.2, 0.25) is 5.91 Å². The molecule has 4 unspecified atom stereocenters. The summed E-state index contributed by atoms with van der Waals surface area (Å²) in [5, 5.41) is 1.00. The third kappa shape index (κ3) is 1.55. The highest BCUT2D eigenvalue weighted by Crippen LogP contribution is 2.49. The predicted octanol–water partition coefficient (Wildman–Crippen LogP) is 0.610. The minimum absolute atomic E-state index is 0.0739. The van der Waals surface area contributed by atoms with E-state index in [-0.39, 0.29) is 46.7 Å². The van der Waals surface area contributed by atoms with Crippen LogP contribution in [0.2, 0.25) is 0 Å². The smallest absolute Gasteiger partial charge is 0.252 e. The van der Waals surface area contributed by atoms with Crippen LogP contribution in [0.3, 0.4) is 0 Å². The SMILES string of the molecule is O=C(CBr)NN1C(=O)C2C3C=CC(CC3)C2C1=O. The van der Waals surface area contributed by atoms with Gasteiger partial charge in [0.1, 0.15) is 0 Å². The number of imide groups is 1. The number of alkyl halides is 1. The molecule has 2 bridgehead atoms. The standard InChI is InChI=1S/C12H13BrN2O3/c13-5-8(16)14-15-11(17)9-6-1-2-7(4-3-6)10(9)12(15)18/h1-2,6-7,9-10H,3-5H2,(H,14,16). The van der Waals surface area contributed by atoms with E-state index in [1.165, 1.54) is 0 Å². The molecule has 1 saturated carbocycles. The molecule has 1 N–H and O–H groups in total. The highest BCUT2D eigenvalue weighted by molar-refractivity contribution is 9.09. The number of halogens is 1. The Labute approximate surface area is 113 Å². The Balaban J connectivity index is 1.88. The van der Waals surface area contributed by atoms with Crippen molar-refractivity contribution in [3.63, 3.8) is 0 Å². The first kappa shape index (κ1) is 11.9. The van der Waals surface area contributed by atoms with Gasteiger partial charge in [-0.2, -0.15) is 5.01 Å². The zero-order valence-corrected chi connectivity index (χ0v) is 11.2. The van der Waals surface area contributed by atoms with Crippen molar-refractivity contribution in [2.24, 2.45) is 23.7 Å². The number of hydrogen-bond acceptors (Lipinski definition) is 3. The van der Waals surface area contributed by atoms with E-state index in [0.29, 0.717) is 0 Å². The van der Waals surface area contributed by atoms with Gasteiger partial charge in [0.05, 0.1) is 17.2 Å². The molecule has 18 heavy (non-hydrogen) atoms. The second kappa shape index (κ2) is 4.19. The van der Waals surface area contributed by atoms with Crippen molar-refractivity contribution >= 4 is 33.7 Å². The molecule has 0 spiro atoms. The lowest BCUT2D eigenvalue weighted by molar-refractivity contribution is -0.148. The first-order valence-corrected chi connectivity index (χ1v) is 7.17. The molecule has 3 aliphatic carbocycles. The van der Waals surface area contributed by atoms with E-state index in [0.717, 1.165) is 17.9 Å². The van der Waals surface area contributed by atoms with Crippen LogP contribution in [0.25, 0.3) is 0 Å². The summed E-state index contributed by atoms with van der Waals surface area (Å²) in [5.74, 6) is -1.11. The van der Waals surface area contributed by atoms with Gasteiger partial charge in [-0.05, 0) is 24.7 Å². The van der Waals surface area contributed by atoms with Gasteiger partial charge in [0.25, 0.3) is 11.8 Å². The van der Waals surface area contributed by atoms with Crippen molar-refractivity contribution < 1.29 is 14.4 Å². The quantitative estimate of drug-likeness (QED) is 0.461. The third-order valence-corrected chi connectivity index (χ3v) is 4.63. The summed E-state index contributed by atoms with van der Waals surface area (Å²) < 4.78 is 0. The van der Waals surface area contributed by atoms with Crippen molar-refractivity contribution in [2.45, 2.75) is 12.8 Å². The van der Waals surface area contributed by atoms with E-state index < -0.39 is 0 Å². The van der Waals surface area contributed by atoms with Gasteiger partial charge in [-0.15, -0.1) is 0 Å². The lowest BCUT2D eigenvalue weighted by Gasteiger charge is -2.37. The second-order valence-electron chi connectivity index (χ2n) is 5.02. The monoisotopic (exact) mass is 312 g/mol. The van der Waals surface area contributed by atoms with Crippen LogP contribution in [0.5, 0.6) is 0 Å². The summed E-state index contributed by atoms with van der Waals surface area (Å²) in [7, 11) is 0. The molecule has 1 heterocycles. The Morgan fingerprint density at radius 2 is 1.72 bits per heavy atom. The van der Waals surface area contributed by atoms with Gasteiger partial charge in [-0.3, -0.25) is 19.8 Å². The number of hydrogen-bond donors (Lipinski definition) is 1. The Kier molecular flexibility index (Phi) is 2.77. The van der Waals surface area contributed by atoms with Gasteiger partial charge < -0.3 is 0 Å². The lowest BCUT2D eigenvalue weighted by atomic mass is 9.63. The molecule has 0 aromatic carbocycles. The van der Waals surface area contributed by atoms with E-state index in [2.05, 4.69) is 33.5 Å². The largest absolute Gasteiger partial charge is 0.272 e. The maximum absolute atomic E-state index is 12.2. The van der Waals surface area contributed by atoms with Crippen LogP contribution in [-0.2, 0) is 14.4 Å². The first-order chi connectivity index (χ1) is 8.63. The number of carbonyl (C=O) groups is 3. The van der Waals surface area contributed by atoms with Crippen molar-refractivity contribution in [3.8, 4) is 0 Å². The number of fused-ring (bicyclic) bond motifs is 1. The minimum atomic E-state index is -0.379. The number of nitrogens with zero attached hydrogens (tertiary/aromatic N) is 1. The summed E-state index contributed by atoms with van der Waals surface area (Å²) in [6.07, 6.45) is 6.02. The molecule has 4 rings (SSSR count). The Bertz CT molecular complexity index is 430. The van der Waals surface area contributed by atoms with Gasteiger partial charge >= 0.3 is 0 Å². The average Bonchev–Trinajstić information content (AvgIpc) is 2.67. The van der Waals surface area contributed by atoms with Crippen LogP contribution >= 0.6 is 15.9 Å². The van der Waals surface area contributed by atoms with E-state index in [9.17, 15) is 14.4 Å². The minimum Gasteiger partial charge on any atom is -0.272 e. The fourth-order valence-electron chi connectivity index (χ4n) is 3.34. The molecule has 1 saturated heterocycles. The zero-order chi connectivity index (χ0) is 12.9. The summed E-state index contributed by atoms with van der Waals surface area (Å²) >= 11 is 3.00. The highest BCUT2D eigenvalue weighted by atomic mass is 79.9. The third-order valence-electron chi connectivity index (χ3n) is 4.12. The normalized spacial score (nSPS) is 37.1. The van der Waals surface area contributed by atoms with Crippen LogP contribution in [0.15, 0.2) is 12.2 Å². The molecular weight excluding hydrogens is 300 g/mol. The average molecular weight is 313 g/mol. The van der Waals surface area contributed by atoms with Gasteiger partial charge in [0.15, 0.2) is 0 Å². The number of hydrazine groups is 1. The molecule has 0 aromatic rings. The molecular formula is C12H13BrN2O3. The van der Waals surface area contributed by atoms with Crippen LogP contribution < -0.4 is 5.43 Å². The fourth-order valence-corrected chi connectivity index (χ4v) is 3.46. The maximum atomic E-state index is 12.2. The highest BCUT2D eigenvalue weighted by Gasteiger charge is 2.57. The van der Waals surface area contributed by atoms with E-state index >= 15 is 0 Å². The Morgan fingerprint density at radius 1 is 1.22 bits per heavy atom. The van der Waals surface area contributed by atoms with Gasteiger partial charge in [-0.25, -0.2) is 0 Å². The van der Waals surface area contributed by atoms with Gasteiger partial charge in [-0.1, -0.05) is 28.1 Å². The number of allylic oxidation sites excluding steroid dienone is 2. The van der Waals surface area contributed by atoms with Crippen LogP contribution in [0.1, 0.15) is 12.8 Å². The summed E-state index contributed by atoms with van der Waals surface area (Å²) in [6.45, 7) is 0. The first-order valence-electron chi connectivity index (χ1n) is 6.05. The molecule has 3 amide bonds. The van der Waals surface area contributed by atoms with E-state index in [1.807, 2.05) is 0 Å². The Morgan fingerprint density at radius 3 is 2.11 bits per heavy atom. The number of nitrogens with one attached hydrogen (secondary N) is 1. The molecule has 0 aromatic heterocycles. The molecule has 0 radical (unpaired) electrons. The second-order valence-corrected chi connectivity index (χ2v) is 5.58. The lowest BCUT2D eigenvalue weighted by Crippen LogP contribution is -2.47. The number of amides is 3. The molecule has 4 atom stereocenters. The van der Waals surface area contributed by atoms with Crippen molar-refractivity contribution in [1.82, 2.24) is 10.4 Å². The summed E-state index contributed by atoms with van der Waals surface area (Å²) in [5.41, 5.74) is 2.37. The van der Waals surface area contributed by atoms with Crippen molar-refractivity contribution in [2.75, 3.05) is 5.33 Å². The number of rotatable bonds is 2. The maximum Gasteiger partial charge on any atom is 0.252 e. The van der Waals surface area contributed by atoms with Crippen LogP contribution in [-0.4, -0.2) is 28.1 Å². The van der Waals surface area contributed by atoms with Crippen molar-refractivity contribution in [1.29, 1.82) is 0 Å². The molecule has 96 valence electrons. The summed E-state index contributed by atoms with van der Waals surface area (Å²) in [6, 6.07) is 0. The fraction of sp³-hybridized carbons (Fsp3) is 0.583. The molecule has 2 fully saturated rings. The van der Waals surface area contributed by atoms with E-state index in [4.69, 9.17) is 0 Å². The molecule has 5 nitrogen and oxygen atoms in total. The van der Waals surface area contributed by atoms with E-state index in [1.54, 1.807) is 0 Å². The van der Waals surface area contributed by atoms with Crippen LogP contribution in [0, 0.1) is 23.7 Å². The topological polar surface area (TPSA) is 66.5 Å². The van der Waals surface area contributed by atoms with Crippen LogP contribution in [0.4, 0.5) is 0 Å². The zero-order valence-electron chi connectivity index (χ0n) is 9.64. The summed E-state index contributed by atoms with van der Waals surface area (Å²) in [4.78, 5) is 35.8. The van der Waals surface area contributed by atoms with Crippen molar-refractivity contribution in [3.05, 3.63) is 12.2 Å². The predicted molar refractivity (Wildman–Crippen MR) is 66.1 cm³/mol. The molecule has 6 heteroatoms. The molecule has 4 aliphatic rings.